The fourth-order valence-electron chi connectivity index (χ4n) is 3.82. The maximum atomic E-state index is 13.4. The van der Waals surface area contributed by atoms with Gasteiger partial charge < -0.3 is 5.32 Å². The zero-order valence-electron chi connectivity index (χ0n) is 14.8. The summed E-state index contributed by atoms with van der Waals surface area (Å²) in [6.07, 6.45) is 5.34. The first kappa shape index (κ1) is 17.6. The van der Waals surface area contributed by atoms with Gasteiger partial charge in [-0.3, -0.25) is 9.78 Å². The van der Waals surface area contributed by atoms with E-state index in [1.165, 1.54) is 17.7 Å². The minimum Gasteiger partial charge on any atom is -0.352 e. The van der Waals surface area contributed by atoms with Crippen molar-refractivity contribution in [1.29, 1.82) is 0 Å². The summed E-state index contributed by atoms with van der Waals surface area (Å²) in [7, 11) is 0. The predicted molar refractivity (Wildman–Crippen MR) is 97.0 cm³/mol. The van der Waals surface area contributed by atoms with Crippen molar-refractivity contribution in [2.75, 3.05) is 0 Å². The minimum absolute atomic E-state index is 0.00224. The topological polar surface area (TPSA) is 42.0 Å². The van der Waals surface area contributed by atoms with Crippen LogP contribution in [-0.4, -0.2) is 16.9 Å². The van der Waals surface area contributed by atoms with Crippen LogP contribution in [0.4, 0.5) is 4.39 Å². The molecule has 4 heteroatoms. The molecule has 1 aliphatic heterocycles. The van der Waals surface area contributed by atoms with E-state index in [2.05, 4.69) is 36.3 Å². The molecule has 0 spiro atoms. The molecule has 1 aromatic carbocycles. The number of aromatic nitrogens is 1. The fourth-order valence-corrected chi connectivity index (χ4v) is 3.82. The van der Waals surface area contributed by atoms with Crippen LogP contribution in [0.25, 0.3) is 0 Å². The third-order valence-corrected chi connectivity index (χ3v) is 5.24. The highest BCUT2D eigenvalue weighted by molar-refractivity contribution is 5.78. The van der Waals surface area contributed by atoms with Crippen molar-refractivity contribution < 1.29 is 9.18 Å². The number of nitrogens with one attached hydrogen (secondary N) is 1. The Hall–Kier alpha value is -2.23. The SMILES string of the molecule is CCC(CC)c1ccnc([C@H](c2ccc(F)cc2)[C@H]2CCC(=O)N2)c1. The van der Waals surface area contributed by atoms with Gasteiger partial charge in [0.15, 0.2) is 0 Å². The minimum atomic E-state index is -0.253. The Kier molecular flexibility index (Phi) is 5.47. The number of hydrogen-bond acceptors (Lipinski definition) is 2. The van der Waals surface area contributed by atoms with Crippen LogP contribution in [0.1, 0.15) is 68.2 Å². The normalized spacial score (nSPS) is 18.4. The van der Waals surface area contributed by atoms with Gasteiger partial charge in [-0.1, -0.05) is 26.0 Å². The molecule has 25 heavy (non-hydrogen) atoms. The number of carbonyl (C=O) groups excluding carboxylic acids is 1. The summed E-state index contributed by atoms with van der Waals surface area (Å²) in [5.41, 5.74) is 3.22. The van der Waals surface area contributed by atoms with Gasteiger partial charge in [-0.15, -0.1) is 0 Å². The Morgan fingerprint density at radius 2 is 1.88 bits per heavy atom. The average molecular weight is 340 g/mol. The van der Waals surface area contributed by atoms with Crippen LogP contribution in [0.15, 0.2) is 42.6 Å². The Morgan fingerprint density at radius 3 is 2.48 bits per heavy atom. The Bertz CT molecular complexity index is 725. The Balaban J connectivity index is 2.01. The third kappa shape index (κ3) is 3.89. The molecule has 1 aliphatic rings. The van der Waals surface area contributed by atoms with Crippen LogP contribution in [-0.2, 0) is 4.79 Å². The summed E-state index contributed by atoms with van der Waals surface area (Å²) in [4.78, 5) is 16.4. The molecule has 3 rings (SSSR count). The Morgan fingerprint density at radius 1 is 1.16 bits per heavy atom. The highest BCUT2D eigenvalue weighted by Gasteiger charge is 2.32. The second-order valence-electron chi connectivity index (χ2n) is 6.77. The standard InChI is InChI=1S/C21H25FN2O/c1-3-14(4-2)16-11-12-23-19(13-16)21(18-9-10-20(25)24-18)15-5-7-17(22)8-6-15/h5-8,11-14,18,21H,3-4,9-10H2,1-2H3,(H,24,25)/t18-,21-/m1/s1. The van der Waals surface area contributed by atoms with Gasteiger partial charge in [-0.25, -0.2) is 4.39 Å². The monoisotopic (exact) mass is 340 g/mol. The largest absolute Gasteiger partial charge is 0.352 e. The number of amides is 1. The summed E-state index contributed by atoms with van der Waals surface area (Å²) in [5.74, 6) is 0.278. The molecule has 0 bridgehead atoms. The second kappa shape index (κ2) is 7.77. The lowest BCUT2D eigenvalue weighted by Crippen LogP contribution is -2.32. The lowest BCUT2D eigenvalue weighted by molar-refractivity contribution is -0.119. The molecule has 1 fully saturated rings. The van der Waals surface area contributed by atoms with Crippen molar-refractivity contribution in [3.05, 3.63) is 65.2 Å². The Labute approximate surface area is 148 Å². The molecule has 1 saturated heterocycles. The summed E-state index contributed by atoms with van der Waals surface area (Å²) in [6.45, 7) is 4.39. The first-order chi connectivity index (χ1) is 12.1. The molecule has 0 unspecified atom stereocenters. The zero-order chi connectivity index (χ0) is 17.8. The molecule has 1 N–H and O–H groups in total. The first-order valence-corrected chi connectivity index (χ1v) is 9.13. The van der Waals surface area contributed by atoms with Crippen LogP contribution < -0.4 is 5.32 Å². The molecule has 1 aromatic heterocycles. The second-order valence-corrected chi connectivity index (χ2v) is 6.77. The molecule has 0 radical (unpaired) electrons. The number of halogens is 1. The van der Waals surface area contributed by atoms with Gasteiger partial charge in [0.2, 0.25) is 5.91 Å². The van der Waals surface area contributed by atoms with Gasteiger partial charge in [-0.2, -0.15) is 0 Å². The van der Waals surface area contributed by atoms with Gasteiger partial charge in [0, 0.05) is 24.6 Å². The maximum absolute atomic E-state index is 13.4. The fraction of sp³-hybridized carbons (Fsp3) is 0.429. The molecule has 2 heterocycles. The molecular weight excluding hydrogens is 315 g/mol. The van der Waals surface area contributed by atoms with Crippen molar-refractivity contribution in [1.82, 2.24) is 10.3 Å². The predicted octanol–water partition coefficient (Wildman–Crippen LogP) is 4.53. The highest BCUT2D eigenvalue weighted by Crippen LogP contribution is 2.33. The average Bonchev–Trinajstić information content (AvgIpc) is 3.04. The molecule has 2 aromatic rings. The van der Waals surface area contributed by atoms with E-state index in [1.807, 2.05) is 6.20 Å². The van der Waals surface area contributed by atoms with E-state index >= 15 is 0 Å². The molecule has 132 valence electrons. The number of carbonyl (C=O) groups is 1. The lowest BCUT2D eigenvalue weighted by Gasteiger charge is -2.25. The quantitative estimate of drug-likeness (QED) is 0.839. The van der Waals surface area contributed by atoms with Gasteiger partial charge in [-0.05, 0) is 60.6 Å². The maximum Gasteiger partial charge on any atom is 0.220 e. The van der Waals surface area contributed by atoms with Crippen LogP contribution >= 0.6 is 0 Å². The molecule has 1 amide bonds. The number of benzene rings is 1. The van der Waals surface area contributed by atoms with Gasteiger partial charge in [0.1, 0.15) is 5.82 Å². The van der Waals surface area contributed by atoms with E-state index in [1.54, 1.807) is 12.1 Å². The first-order valence-electron chi connectivity index (χ1n) is 9.13. The number of pyridine rings is 1. The number of nitrogens with zero attached hydrogens (tertiary/aromatic N) is 1. The third-order valence-electron chi connectivity index (χ3n) is 5.24. The van der Waals surface area contributed by atoms with Crippen LogP contribution in [0.5, 0.6) is 0 Å². The van der Waals surface area contributed by atoms with Gasteiger partial charge in [0.05, 0.1) is 5.69 Å². The summed E-state index contributed by atoms with van der Waals surface area (Å²) in [5, 5.41) is 3.07. The lowest BCUT2D eigenvalue weighted by atomic mass is 9.85. The van der Waals surface area contributed by atoms with Crippen molar-refractivity contribution in [2.24, 2.45) is 0 Å². The van der Waals surface area contributed by atoms with E-state index in [9.17, 15) is 9.18 Å². The number of hydrogen-bond donors (Lipinski definition) is 1. The van der Waals surface area contributed by atoms with Crippen LogP contribution in [0.3, 0.4) is 0 Å². The zero-order valence-corrected chi connectivity index (χ0v) is 14.8. The van der Waals surface area contributed by atoms with Crippen molar-refractivity contribution in [2.45, 2.75) is 57.4 Å². The van der Waals surface area contributed by atoms with Crippen LogP contribution in [0, 0.1) is 5.82 Å². The summed E-state index contributed by atoms with van der Waals surface area (Å²) in [6, 6.07) is 10.8. The summed E-state index contributed by atoms with van der Waals surface area (Å²) < 4.78 is 13.4. The van der Waals surface area contributed by atoms with E-state index in [0.29, 0.717) is 12.3 Å². The van der Waals surface area contributed by atoms with E-state index in [0.717, 1.165) is 30.5 Å². The molecule has 3 nitrogen and oxygen atoms in total. The number of rotatable bonds is 6. The van der Waals surface area contributed by atoms with Crippen molar-refractivity contribution >= 4 is 5.91 Å². The van der Waals surface area contributed by atoms with Crippen molar-refractivity contribution in [3.63, 3.8) is 0 Å². The summed E-state index contributed by atoms with van der Waals surface area (Å²) >= 11 is 0. The van der Waals surface area contributed by atoms with E-state index in [4.69, 9.17) is 0 Å². The van der Waals surface area contributed by atoms with Crippen molar-refractivity contribution in [3.8, 4) is 0 Å². The van der Waals surface area contributed by atoms with Gasteiger partial charge >= 0.3 is 0 Å². The molecule has 2 atom stereocenters. The van der Waals surface area contributed by atoms with Gasteiger partial charge in [0.25, 0.3) is 0 Å². The molecular formula is C21H25FN2O. The van der Waals surface area contributed by atoms with E-state index < -0.39 is 0 Å². The van der Waals surface area contributed by atoms with E-state index in [-0.39, 0.29) is 23.7 Å². The highest BCUT2D eigenvalue weighted by atomic mass is 19.1. The molecule has 0 aliphatic carbocycles. The van der Waals surface area contributed by atoms with Crippen LogP contribution in [0.2, 0.25) is 0 Å². The smallest absolute Gasteiger partial charge is 0.220 e. The molecule has 0 saturated carbocycles.